The number of carbonyl (C=O) groups is 2. The van der Waals surface area contributed by atoms with Gasteiger partial charge < -0.3 is 9.80 Å². The third-order valence-corrected chi connectivity index (χ3v) is 6.90. The molecule has 2 heterocycles. The molecule has 2 aliphatic rings. The van der Waals surface area contributed by atoms with E-state index < -0.39 is 0 Å². The van der Waals surface area contributed by atoms with Crippen LogP contribution >= 0.6 is 38.5 Å². The van der Waals surface area contributed by atoms with Crippen molar-refractivity contribution in [3.63, 3.8) is 0 Å². The average molecular weight is 492 g/mol. The Morgan fingerprint density at radius 3 is 2.35 bits per heavy atom. The number of rotatable bonds is 3. The van der Waals surface area contributed by atoms with Crippen molar-refractivity contribution in [2.24, 2.45) is 0 Å². The molecule has 0 atom stereocenters. The van der Waals surface area contributed by atoms with Gasteiger partial charge in [0.1, 0.15) is 0 Å². The Balaban J connectivity index is 1.55. The maximum Gasteiger partial charge on any atom is 0.255 e. The standard InChI is InChI=1S/C16H19BrIN3O2/c17-15-12(3-1-4-13(15)18)16(23)21-9-7-19(8-10-21)11-14(22)20-5-2-6-20/h1,3-4H,2,5-11H2. The number of nitrogens with zero attached hydrogens (tertiary/aromatic N) is 3. The molecule has 5 nitrogen and oxygen atoms in total. The Bertz CT molecular complexity index is 613. The number of benzene rings is 1. The van der Waals surface area contributed by atoms with Crippen LogP contribution in [0.15, 0.2) is 22.7 Å². The zero-order valence-corrected chi connectivity index (χ0v) is 16.5. The van der Waals surface area contributed by atoms with Crippen LogP contribution in [0.1, 0.15) is 16.8 Å². The highest BCUT2D eigenvalue weighted by Gasteiger charge is 2.27. The maximum absolute atomic E-state index is 12.7. The lowest BCUT2D eigenvalue weighted by Crippen LogP contribution is -2.53. The molecule has 0 spiro atoms. The van der Waals surface area contributed by atoms with Crippen LogP contribution in [0.4, 0.5) is 0 Å². The van der Waals surface area contributed by atoms with E-state index in [0.717, 1.165) is 40.6 Å². The largest absolute Gasteiger partial charge is 0.341 e. The number of hydrogen-bond donors (Lipinski definition) is 0. The molecular formula is C16H19BrIN3O2. The van der Waals surface area contributed by atoms with Crippen molar-refractivity contribution in [1.82, 2.24) is 14.7 Å². The molecule has 0 saturated carbocycles. The maximum atomic E-state index is 12.7. The zero-order valence-electron chi connectivity index (χ0n) is 12.8. The molecule has 7 heteroatoms. The van der Waals surface area contributed by atoms with Gasteiger partial charge in [-0.3, -0.25) is 14.5 Å². The quantitative estimate of drug-likeness (QED) is 0.608. The van der Waals surface area contributed by atoms with Gasteiger partial charge in [-0.2, -0.15) is 0 Å². The van der Waals surface area contributed by atoms with Crippen molar-refractivity contribution < 1.29 is 9.59 Å². The van der Waals surface area contributed by atoms with Crippen LogP contribution in [0.3, 0.4) is 0 Å². The third-order valence-electron chi connectivity index (χ3n) is 4.41. The predicted octanol–water partition coefficient (Wildman–Crippen LogP) is 2.04. The van der Waals surface area contributed by atoms with E-state index in [1.54, 1.807) is 0 Å². The summed E-state index contributed by atoms with van der Waals surface area (Å²) in [6.45, 7) is 5.14. The van der Waals surface area contributed by atoms with Crippen LogP contribution in [-0.4, -0.2) is 72.3 Å². The summed E-state index contributed by atoms with van der Waals surface area (Å²) in [4.78, 5) is 30.6. The molecule has 2 fully saturated rings. The first-order valence-corrected chi connectivity index (χ1v) is 9.67. The molecule has 2 aliphatic heterocycles. The van der Waals surface area contributed by atoms with E-state index in [2.05, 4.69) is 43.4 Å². The molecule has 124 valence electrons. The molecule has 0 radical (unpaired) electrons. The van der Waals surface area contributed by atoms with E-state index in [0.29, 0.717) is 25.2 Å². The van der Waals surface area contributed by atoms with Gasteiger partial charge in [0.05, 0.1) is 12.1 Å². The Morgan fingerprint density at radius 1 is 1.04 bits per heavy atom. The van der Waals surface area contributed by atoms with E-state index in [4.69, 9.17) is 0 Å². The molecule has 2 amide bonds. The highest BCUT2D eigenvalue weighted by atomic mass is 127. The number of piperazine rings is 1. The Morgan fingerprint density at radius 2 is 1.74 bits per heavy atom. The smallest absolute Gasteiger partial charge is 0.255 e. The van der Waals surface area contributed by atoms with Crippen molar-refractivity contribution in [3.05, 3.63) is 31.8 Å². The number of halogens is 2. The lowest BCUT2D eigenvalue weighted by atomic mass is 10.1. The minimum Gasteiger partial charge on any atom is -0.341 e. The first kappa shape index (κ1) is 17.2. The van der Waals surface area contributed by atoms with E-state index in [1.165, 1.54) is 0 Å². The third kappa shape index (κ3) is 3.88. The highest BCUT2D eigenvalue weighted by Crippen LogP contribution is 2.25. The van der Waals surface area contributed by atoms with Crippen molar-refractivity contribution in [3.8, 4) is 0 Å². The summed E-state index contributed by atoms with van der Waals surface area (Å²) in [6.07, 6.45) is 1.12. The topological polar surface area (TPSA) is 43.9 Å². The van der Waals surface area contributed by atoms with Gasteiger partial charge in [0.2, 0.25) is 5.91 Å². The van der Waals surface area contributed by atoms with Crippen LogP contribution in [0.2, 0.25) is 0 Å². The minimum atomic E-state index is 0.0594. The van der Waals surface area contributed by atoms with Gasteiger partial charge in [0, 0.05) is 47.3 Å². The van der Waals surface area contributed by atoms with E-state index in [1.807, 2.05) is 28.0 Å². The van der Waals surface area contributed by atoms with Crippen LogP contribution < -0.4 is 0 Å². The zero-order chi connectivity index (χ0) is 16.4. The first-order valence-electron chi connectivity index (χ1n) is 7.79. The fourth-order valence-electron chi connectivity index (χ4n) is 2.81. The van der Waals surface area contributed by atoms with Gasteiger partial charge in [-0.1, -0.05) is 6.07 Å². The molecule has 0 unspecified atom stereocenters. The van der Waals surface area contributed by atoms with Gasteiger partial charge >= 0.3 is 0 Å². The number of amides is 2. The summed E-state index contributed by atoms with van der Waals surface area (Å²) < 4.78 is 1.90. The second-order valence-electron chi connectivity index (χ2n) is 5.90. The Kier molecular flexibility index (Phi) is 5.58. The lowest BCUT2D eigenvalue weighted by Gasteiger charge is -2.37. The van der Waals surface area contributed by atoms with Crippen molar-refractivity contribution in [1.29, 1.82) is 0 Å². The molecule has 0 N–H and O–H groups in total. The molecular weight excluding hydrogens is 473 g/mol. The molecule has 1 aromatic rings. The second-order valence-corrected chi connectivity index (χ2v) is 7.86. The molecule has 2 saturated heterocycles. The normalized spacial score (nSPS) is 18.7. The van der Waals surface area contributed by atoms with Crippen molar-refractivity contribution >= 4 is 50.3 Å². The summed E-state index contributed by atoms with van der Waals surface area (Å²) in [7, 11) is 0. The Hall–Kier alpha value is -0.670. The average Bonchev–Trinajstić information content (AvgIpc) is 2.48. The van der Waals surface area contributed by atoms with Crippen molar-refractivity contribution in [2.75, 3.05) is 45.8 Å². The van der Waals surface area contributed by atoms with E-state index in [-0.39, 0.29) is 11.8 Å². The van der Waals surface area contributed by atoms with Gasteiger partial charge in [0.15, 0.2) is 0 Å². The Labute approximate surface area is 158 Å². The summed E-state index contributed by atoms with van der Waals surface area (Å²) in [5, 5.41) is 0. The number of likely N-dealkylation sites (tertiary alicyclic amines) is 1. The highest BCUT2D eigenvalue weighted by molar-refractivity contribution is 14.1. The fourth-order valence-corrected chi connectivity index (χ4v) is 3.74. The number of carbonyl (C=O) groups excluding carboxylic acids is 2. The predicted molar refractivity (Wildman–Crippen MR) is 100 cm³/mol. The van der Waals surface area contributed by atoms with Crippen LogP contribution in [0.25, 0.3) is 0 Å². The van der Waals surface area contributed by atoms with Gasteiger partial charge in [0.25, 0.3) is 5.91 Å². The summed E-state index contributed by atoms with van der Waals surface area (Å²) in [5.41, 5.74) is 0.710. The van der Waals surface area contributed by atoms with Gasteiger partial charge in [-0.15, -0.1) is 0 Å². The van der Waals surface area contributed by atoms with Crippen LogP contribution in [0, 0.1) is 3.57 Å². The number of hydrogen-bond acceptors (Lipinski definition) is 3. The molecule has 23 heavy (non-hydrogen) atoms. The molecule has 0 aromatic heterocycles. The van der Waals surface area contributed by atoms with Gasteiger partial charge in [-0.05, 0) is 57.1 Å². The van der Waals surface area contributed by atoms with Crippen LogP contribution in [0.5, 0.6) is 0 Å². The van der Waals surface area contributed by atoms with Gasteiger partial charge in [-0.25, -0.2) is 0 Å². The summed E-state index contributed by atoms with van der Waals surface area (Å²) in [5.74, 6) is 0.278. The summed E-state index contributed by atoms with van der Waals surface area (Å²) >= 11 is 5.72. The molecule has 0 aliphatic carbocycles. The van der Waals surface area contributed by atoms with Crippen molar-refractivity contribution in [2.45, 2.75) is 6.42 Å². The van der Waals surface area contributed by atoms with Crippen LogP contribution in [-0.2, 0) is 4.79 Å². The van der Waals surface area contributed by atoms with E-state index in [9.17, 15) is 9.59 Å². The SMILES string of the molecule is O=C(CN1CCN(C(=O)c2cccc(I)c2Br)CC1)N1CCC1. The molecule has 3 rings (SSSR count). The fraction of sp³-hybridized carbons (Fsp3) is 0.500. The monoisotopic (exact) mass is 491 g/mol. The molecule has 1 aromatic carbocycles. The lowest BCUT2D eigenvalue weighted by molar-refractivity contribution is -0.136. The summed E-state index contributed by atoms with van der Waals surface area (Å²) in [6, 6.07) is 5.73. The second kappa shape index (κ2) is 7.48. The first-order chi connectivity index (χ1) is 11.1. The molecule has 0 bridgehead atoms. The van der Waals surface area contributed by atoms with E-state index >= 15 is 0 Å². The minimum absolute atomic E-state index is 0.0594.